The second-order valence-electron chi connectivity index (χ2n) is 12.0. The highest BCUT2D eigenvalue weighted by atomic mass is 32.2. The molecule has 3 N–H and O–H groups in total. The van der Waals surface area contributed by atoms with Crippen molar-refractivity contribution in [2.75, 3.05) is 18.1 Å². The zero-order valence-electron chi connectivity index (χ0n) is 24.9. The van der Waals surface area contributed by atoms with Crippen LogP contribution in [0.5, 0.6) is 0 Å². The second kappa shape index (κ2) is 14.0. The smallest absolute Gasteiger partial charge is 0.408 e. The van der Waals surface area contributed by atoms with Crippen molar-refractivity contribution < 1.29 is 38.5 Å². The predicted molar refractivity (Wildman–Crippen MR) is 161 cm³/mol. The van der Waals surface area contributed by atoms with E-state index in [0.29, 0.717) is 5.75 Å². The van der Waals surface area contributed by atoms with E-state index in [1.165, 1.54) is 11.8 Å². The first-order valence-corrected chi connectivity index (χ1v) is 14.9. The number of amides is 2. The van der Waals surface area contributed by atoms with E-state index in [1.54, 1.807) is 41.5 Å². The highest BCUT2D eigenvalue weighted by Gasteiger charge is 2.31. The zero-order valence-corrected chi connectivity index (χ0v) is 25.7. The minimum Gasteiger partial charge on any atom is -0.480 e. The molecule has 2 amide bonds. The number of carbonyl (C=O) groups is 4. The molecule has 0 heterocycles. The summed E-state index contributed by atoms with van der Waals surface area (Å²) >= 11 is 1.21. The number of hydrogen-bond acceptors (Lipinski definition) is 8. The molecule has 1 aliphatic carbocycles. The van der Waals surface area contributed by atoms with Crippen LogP contribution in [0.2, 0.25) is 0 Å². The van der Waals surface area contributed by atoms with Gasteiger partial charge in [0, 0.05) is 11.7 Å². The average Bonchev–Trinajstić information content (AvgIpc) is 3.20. The molecule has 3 rings (SSSR count). The largest absolute Gasteiger partial charge is 0.480 e. The van der Waals surface area contributed by atoms with Crippen LogP contribution >= 0.6 is 11.8 Å². The molecule has 2 atom stereocenters. The van der Waals surface area contributed by atoms with Crippen molar-refractivity contribution in [2.24, 2.45) is 0 Å². The van der Waals surface area contributed by atoms with Crippen molar-refractivity contribution in [1.82, 2.24) is 10.6 Å². The van der Waals surface area contributed by atoms with Crippen LogP contribution in [-0.4, -0.2) is 70.6 Å². The number of esters is 1. The number of carboxylic acid groups (broad SMARTS) is 1. The number of ether oxygens (including phenoxy) is 3. The monoisotopic (exact) mass is 600 g/mol. The van der Waals surface area contributed by atoms with Crippen molar-refractivity contribution >= 4 is 35.9 Å². The van der Waals surface area contributed by atoms with Crippen molar-refractivity contribution in [3.05, 3.63) is 59.7 Å². The molecule has 0 aliphatic heterocycles. The van der Waals surface area contributed by atoms with Gasteiger partial charge in [-0.1, -0.05) is 48.5 Å². The van der Waals surface area contributed by atoms with Gasteiger partial charge in [-0.15, -0.1) is 0 Å². The lowest BCUT2D eigenvalue weighted by molar-refractivity contribution is -0.157. The molecule has 1 aliphatic rings. The Hall–Kier alpha value is -3.73. The lowest BCUT2D eigenvalue weighted by Crippen LogP contribution is -2.46. The molecular formula is C31H40N2O8S. The summed E-state index contributed by atoms with van der Waals surface area (Å²) in [5.74, 6) is -1.65. The molecule has 0 bridgehead atoms. The number of benzene rings is 2. The van der Waals surface area contributed by atoms with Crippen LogP contribution in [0, 0.1) is 0 Å². The van der Waals surface area contributed by atoms with Crippen LogP contribution in [0.4, 0.5) is 9.59 Å². The molecule has 11 heteroatoms. The van der Waals surface area contributed by atoms with Gasteiger partial charge in [-0.2, -0.15) is 11.8 Å². The number of fused-ring (bicyclic) bond motifs is 3. The second-order valence-corrected chi connectivity index (χ2v) is 13.1. The van der Waals surface area contributed by atoms with Crippen LogP contribution in [0.3, 0.4) is 0 Å². The van der Waals surface area contributed by atoms with E-state index in [4.69, 9.17) is 14.2 Å². The van der Waals surface area contributed by atoms with Gasteiger partial charge < -0.3 is 30.0 Å². The van der Waals surface area contributed by atoms with E-state index in [0.717, 1.165) is 22.3 Å². The van der Waals surface area contributed by atoms with E-state index < -0.39 is 47.4 Å². The van der Waals surface area contributed by atoms with Crippen molar-refractivity contribution in [2.45, 2.75) is 77.2 Å². The topological polar surface area (TPSA) is 140 Å². The summed E-state index contributed by atoms with van der Waals surface area (Å²) < 4.78 is 16.2. The Labute approximate surface area is 250 Å². The van der Waals surface area contributed by atoms with Crippen LogP contribution in [-0.2, 0) is 23.8 Å². The summed E-state index contributed by atoms with van der Waals surface area (Å²) in [6.45, 7) is 10.3. The highest BCUT2D eigenvalue weighted by molar-refractivity contribution is 7.99. The number of aliphatic carboxylic acids is 1. The third-order valence-corrected chi connectivity index (χ3v) is 7.24. The van der Waals surface area contributed by atoms with Gasteiger partial charge in [0.1, 0.15) is 29.9 Å². The summed E-state index contributed by atoms with van der Waals surface area (Å²) in [6.07, 6.45) is -1.44. The molecular weight excluding hydrogens is 560 g/mol. The van der Waals surface area contributed by atoms with E-state index in [1.807, 2.05) is 48.5 Å². The Morgan fingerprint density at radius 1 is 0.810 bits per heavy atom. The number of thioether (sulfide) groups is 1. The Balaban J connectivity index is 1.59. The quantitative estimate of drug-likeness (QED) is 0.177. The van der Waals surface area contributed by atoms with Gasteiger partial charge in [-0.25, -0.2) is 19.2 Å². The van der Waals surface area contributed by atoms with Gasteiger partial charge in [0.2, 0.25) is 0 Å². The van der Waals surface area contributed by atoms with Crippen molar-refractivity contribution in [3.8, 4) is 11.1 Å². The fourth-order valence-electron chi connectivity index (χ4n) is 4.43. The Morgan fingerprint density at radius 2 is 1.33 bits per heavy atom. The lowest BCUT2D eigenvalue weighted by atomic mass is 9.98. The molecule has 0 saturated carbocycles. The predicted octanol–water partition coefficient (Wildman–Crippen LogP) is 5.34. The fraction of sp³-hybridized carbons (Fsp3) is 0.484. The van der Waals surface area contributed by atoms with Crippen LogP contribution in [0.25, 0.3) is 11.1 Å². The first-order chi connectivity index (χ1) is 19.6. The van der Waals surface area contributed by atoms with Gasteiger partial charge in [0.05, 0.1) is 0 Å². The maximum atomic E-state index is 12.9. The van der Waals surface area contributed by atoms with Gasteiger partial charge >= 0.3 is 24.1 Å². The van der Waals surface area contributed by atoms with Gasteiger partial charge in [-0.05, 0) is 76.0 Å². The Morgan fingerprint density at radius 3 is 1.86 bits per heavy atom. The number of carbonyl (C=O) groups excluding carboxylic acids is 3. The van der Waals surface area contributed by atoms with Crippen LogP contribution in [0.1, 0.15) is 65.0 Å². The average molecular weight is 601 g/mol. The third-order valence-electron chi connectivity index (χ3n) is 6.15. The molecule has 0 saturated heterocycles. The van der Waals surface area contributed by atoms with Gasteiger partial charge in [0.25, 0.3) is 0 Å². The normalized spacial score (nSPS) is 14.1. The summed E-state index contributed by atoms with van der Waals surface area (Å²) in [7, 11) is 0. The zero-order chi connectivity index (χ0) is 31.1. The van der Waals surface area contributed by atoms with E-state index in [2.05, 4.69) is 10.6 Å². The van der Waals surface area contributed by atoms with Crippen molar-refractivity contribution in [1.29, 1.82) is 0 Å². The molecule has 0 radical (unpaired) electrons. The molecule has 0 spiro atoms. The molecule has 10 nitrogen and oxygen atoms in total. The van der Waals surface area contributed by atoms with E-state index in [9.17, 15) is 24.3 Å². The molecule has 0 aromatic heterocycles. The third kappa shape index (κ3) is 9.68. The minimum atomic E-state index is -1.21. The number of carboxylic acids is 1. The molecule has 0 unspecified atom stereocenters. The van der Waals surface area contributed by atoms with Crippen molar-refractivity contribution in [3.63, 3.8) is 0 Å². The standard InChI is InChI=1S/C31H40N2O8S/c1-30(2,3)40-27(36)24(15-16-42-18-25(26(34)35)33-29(38)41-31(4,5)6)32-28(37)39-17-23-21-13-9-7-11-19(21)20-12-8-10-14-22(20)23/h7-14,23-25H,15-18H2,1-6H3,(H,32,37)(H,33,38)(H,34,35)/t24-,25-/m0/s1. The number of nitrogens with one attached hydrogen (secondary N) is 2. The Bertz CT molecular complexity index is 1240. The SMILES string of the molecule is CC(C)(C)OC(=O)N[C@@H](CSCC[C@H](NC(=O)OCC1c2ccccc2-c2ccccc21)C(=O)OC(C)(C)C)C(=O)O. The summed E-state index contributed by atoms with van der Waals surface area (Å²) in [5, 5.41) is 14.5. The maximum absolute atomic E-state index is 12.9. The van der Waals surface area contributed by atoms with Gasteiger partial charge in [-0.3, -0.25) is 0 Å². The summed E-state index contributed by atoms with van der Waals surface area (Å²) in [5.41, 5.74) is 2.79. The van der Waals surface area contributed by atoms with Crippen LogP contribution < -0.4 is 10.6 Å². The molecule has 0 fully saturated rings. The maximum Gasteiger partial charge on any atom is 0.408 e. The van der Waals surface area contributed by atoms with E-state index >= 15 is 0 Å². The molecule has 2 aromatic rings. The number of hydrogen-bond donors (Lipinski definition) is 3. The summed E-state index contributed by atoms with van der Waals surface area (Å²) in [4.78, 5) is 49.5. The van der Waals surface area contributed by atoms with Gasteiger partial charge in [0.15, 0.2) is 0 Å². The van der Waals surface area contributed by atoms with E-state index in [-0.39, 0.29) is 24.7 Å². The number of rotatable bonds is 11. The molecule has 42 heavy (non-hydrogen) atoms. The first-order valence-electron chi connectivity index (χ1n) is 13.8. The fourth-order valence-corrected chi connectivity index (χ4v) is 5.46. The molecule has 2 aromatic carbocycles. The first kappa shape index (κ1) is 32.8. The minimum absolute atomic E-state index is 0.0283. The van der Waals surface area contributed by atoms with Crippen LogP contribution in [0.15, 0.2) is 48.5 Å². The summed E-state index contributed by atoms with van der Waals surface area (Å²) in [6, 6.07) is 13.8. The number of alkyl carbamates (subject to hydrolysis) is 2. The Kier molecular flexibility index (Phi) is 10.9. The lowest BCUT2D eigenvalue weighted by Gasteiger charge is -2.25. The molecule has 228 valence electrons. The highest BCUT2D eigenvalue weighted by Crippen LogP contribution is 2.44.